The summed E-state index contributed by atoms with van der Waals surface area (Å²) < 4.78 is 10.9. The average Bonchev–Trinajstić information content (AvgIpc) is 3.17. The molecule has 1 aliphatic carbocycles. The van der Waals surface area contributed by atoms with Gasteiger partial charge in [-0.1, -0.05) is 25.7 Å². The average molecular weight is 377 g/mol. The molecule has 2 N–H and O–H groups in total. The second-order valence-electron chi connectivity index (χ2n) is 7.21. The molecule has 1 aromatic carbocycles. The molecule has 6 heteroatoms. The molecule has 150 valence electrons. The molecule has 1 atom stereocenters. The van der Waals surface area contributed by atoms with Crippen molar-refractivity contribution in [3.63, 3.8) is 0 Å². The molecule has 0 aliphatic heterocycles. The van der Waals surface area contributed by atoms with Crippen LogP contribution in [0.2, 0.25) is 0 Å². The number of aliphatic hydroxyl groups is 1. The zero-order chi connectivity index (χ0) is 19.6. The van der Waals surface area contributed by atoms with Gasteiger partial charge < -0.3 is 19.9 Å². The molecule has 1 aliphatic rings. The molecule has 27 heavy (non-hydrogen) atoms. The van der Waals surface area contributed by atoms with E-state index in [9.17, 15) is 14.7 Å². The van der Waals surface area contributed by atoms with Crippen molar-refractivity contribution < 1.29 is 24.2 Å². The monoisotopic (exact) mass is 377 g/mol. The Bertz CT molecular complexity index is 625. The van der Waals surface area contributed by atoms with Crippen molar-refractivity contribution in [2.75, 3.05) is 20.3 Å². The lowest BCUT2D eigenvalue weighted by molar-refractivity contribution is -0.122. The predicted molar refractivity (Wildman–Crippen MR) is 103 cm³/mol. The highest BCUT2D eigenvalue weighted by atomic mass is 16.5. The molecule has 2 rings (SSSR count). The zero-order valence-electron chi connectivity index (χ0n) is 16.3. The molecule has 1 fully saturated rings. The molecule has 1 saturated carbocycles. The van der Waals surface area contributed by atoms with Crippen LogP contribution in [0.5, 0.6) is 11.5 Å². The highest BCUT2D eigenvalue weighted by molar-refractivity contribution is 5.94. The van der Waals surface area contributed by atoms with Crippen LogP contribution in [0.4, 0.5) is 0 Å². The maximum Gasteiger partial charge on any atom is 0.220 e. The van der Waals surface area contributed by atoms with Gasteiger partial charge in [-0.2, -0.15) is 0 Å². The molecule has 0 spiro atoms. The summed E-state index contributed by atoms with van der Waals surface area (Å²) in [4.78, 5) is 23.5. The molecule has 0 unspecified atom stereocenters. The summed E-state index contributed by atoms with van der Waals surface area (Å²) in [5.41, 5.74) is 0.566. The Labute approximate surface area is 161 Å². The highest BCUT2D eigenvalue weighted by Gasteiger charge is 2.20. The van der Waals surface area contributed by atoms with Gasteiger partial charge in [-0.15, -0.1) is 0 Å². The van der Waals surface area contributed by atoms with E-state index in [0.29, 0.717) is 42.4 Å². The first-order chi connectivity index (χ1) is 13.0. The Balaban J connectivity index is 1.72. The SMILES string of the molecule is COc1cc(C(C)=O)ccc1OCCCC(=O)N[C@H](CO)CC1CCCC1. The number of amides is 1. The molecule has 0 radical (unpaired) electrons. The van der Waals surface area contributed by atoms with E-state index in [1.807, 2.05) is 0 Å². The molecule has 0 heterocycles. The number of rotatable bonds is 11. The lowest BCUT2D eigenvalue weighted by Crippen LogP contribution is -2.38. The van der Waals surface area contributed by atoms with E-state index < -0.39 is 0 Å². The van der Waals surface area contributed by atoms with Crippen molar-refractivity contribution in [1.29, 1.82) is 0 Å². The van der Waals surface area contributed by atoms with Gasteiger partial charge in [0.1, 0.15) is 0 Å². The van der Waals surface area contributed by atoms with Crippen molar-refractivity contribution in [3.05, 3.63) is 23.8 Å². The number of carbonyl (C=O) groups is 2. The third-order valence-electron chi connectivity index (χ3n) is 5.05. The first-order valence-electron chi connectivity index (χ1n) is 9.75. The van der Waals surface area contributed by atoms with Crippen LogP contribution in [0.3, 0.4) is 0 Å². The summed E-state index contributed by atoms with van der Waals surface area (Å²) in [5, 5.41) is 12.4. The molecule has 0 aromatic heterocycles. The lowest BCUT2D eigenvalue weighted by atomic mass is 9.98. The normalized spacial score (nSPS) is 15.4. The maximum absolute atomic E-state index is 12.1. The Morgan fingerprint density at radius 2 is 2.00 bits per heavy atom. The summed E-state index contributed by atoms with van der Waals surface area (Å²) >= 11 is 0. The first-order valence-corrected chi connectivity index (χ1v) is 9.75. The van der Waals surface area contributed by atoms with Gasteiger partial charge in [0.25, 0.3) is 0 Å². The number of nitrogens with one attached hydrogen (secondary N) is 1. The summed E-state index contributed by atoms with van der Waals surface area (Å²) in [5.74, 6) is 1.58. The first kappa shape index (κ1) is 21.2. The molecular formula is C21H31NO5. The van der Waals surface area contributed by atoms with Gasteiger partial charge >= 0.3 is 0 Å². The Morgan fingerprint density at radius 1 is 1.26 bits per heavy atom. The predicted octanol–water partition coefficient (Wildman–Crippen LogP) is 3.11. The largest absolute Gasteiger partial charge is 0.493 e. The number of benzene rings is 1. The minimum absolute atomic E-state index is 0.0154. The van der Waals surface area contributed by atoms with Crippen molar-refractivity contribution in [1.82, 2.24) is 5.32 Å². The summed E-state index contributed by atoms with van der Waals surface area (Å²) in [7, 11) is 1.53. The number of aliphatic hydroxyl groups excluding tert-OH is 1. The number of ether oxygens (including phenoxy) is 2. The fourth-order valence-corrected chi connectivity index (χ4v) is 3.55. The van der Waals surface area contributed by atoms with Gasteiger partial charge in [0.15, 0.2) is 17.3 Å². The van der Waals surface area contributed by atoms with E-state index in [0.717, 1.165) is 6.42 Å². The molecule has 0 saturated heterocycles. The minimum atomic E-state index is -0.152. The van der Waals surface area contributed by atoms with Crippen molar-refractivity contribution in [3.8, 4) is 11.5 Å². The van der Waals surface area contributed by atoms with Crippen molar-refractivity contribution >= 4 is 11.7 Å². The number of hydrogen-bond acceptors (Lipinski definition) is 5. The second-order valence-corrected chi connectivity index (χ2v) is 7.21. The Morgan fingerprint density at radius 3 is 2.63 bits per heavy atom. The van der Waals surface area contributed by atoms with E-state index in [4.69, 9.17) is 9.47 Å². The number of carbonyl (C=O) groups excluding carboxylic acids is 2. The molecule has 6 nitrogen and oxygen atoms in total. The number of hydrogen-bond donors (Lipinski definition) is 2. The van der Waals surface area contributed by atoms with Crippen LogP contribution < -0.4 is 14.8 Å². The standard InChI is InChI=1S/C21H31NO5/c1-15(24)17-9-10-19(20(13-17)26-2)27-11-5-8-21(25)22-18(14-23)12-16-6-3-4-7-16/h9-10,13,16,18,23H,3-8,11-12,14H2,1-2H3,(H,22,25)/t18-/m0/s1. The van der Waals surface area contributed by atoms with Gasteiger partial charge in [-0.05, 0) is 43.9 Å². The van der Waals surface area contributed by atoms with E-state index in [-0.39, 0.29) is 24.3 Å². The number of methoxy groups -OCH3 is 1. The van der Waals surface area contributed by atoms with Crippen LogP contribution in [-0.4, -0.2) is 43.2 Å². The number of ketones is 1. The molecular weight excluding hydrogens is 346 g/mol. The van der Waals surface area contributed by atoms with Gasteiger partial charge in [-0.3, -0.25) is 9.59 Å². The third-order valence-corrected chi connectivity index (χ3v) is 5.05. The van der Waals surface area contributed by atoms with Crippen LogP contribution in [0.1, 0.15) is 62.2 Å². The fourth-order valence-electron chi connectivity index (χ4n) is 3.55. The van der Waals surface area contributed by atoms with E-state index >= 15 is 0 Å². The Kier molecular flexibility index (Phi) is 8.58. The summed E-state index contributed by atoms with van der Waals surface area (Å²) in [6.45, 7) is 1.86. The minimum Gasteiger partial charge on any atom is -0.493 e. The van der Waals surface area contributed by atoms with Crippen LogP contribution in [0.25, 0.3) is 0 Å². The van der Waals surface area contributed by atoms with E-state index in [1.165, 1.54) is 39.7 Å². The van der Waals surface area contributed by atoms with Gasteiger partial charge in [-0.25, -0.2) is 0 Å². The smallest absolute Gasteiger partial charge is 0.220 e. The molecule has 1 amide bonds. The van der Waals surface area contributed by atoms with Crippen LogP contribution >= 0.6 is 0 Å². The zero-order valence-corrected chi connectivity index (χ0v) is 16.3. The van der Waals surface area contributed by atoms with Gasteiger partial charge in [0.05, 0.1) is 26.4 Å². The van der Waals surface area contributed by atoms with E-state index in [2.05, 4.69) is 5.32 Å². The van der Waals surface area contributed by atoms with E-state index in [1.54, 1.807) is 18.2 Å². The van der Waals surface area contributed by atoms with Crippen LogP contribution in [0, 0.1) is 5.92 Å². The maximum atomic E-state index is 12.1. The van der Waals surface area contributed by atoms with Crippen molar-refractivity contribution in [2.45, 2.75) is 57.9 Å². The Hall–Kier alpha value is -2.08. The number of Topliss-reactive ketones (excluding diaryl/α,β-unsaturated/α-hetero) is 1. The van der Waals surface area contributed by atoms with Crippen molar-refractivity contribution in [2.24, 2.45) is 5.92 Å². The van der Waals surface area contributed by atoms with Gasteiger partial charge in [0.2, 0.25) is 5.91 Å². The van der Waals surface area contributed by atoms with Crippen LogP contribution in [-0.2, 0) is 4.79 Å². The summed E-state index contributed by atoms with van der Waals surface area (Å²) in [6.07, 6.45) is 6.67. The highest BCUT2D eigenvalue weighted by Crippen LogP contribution is 2.29. The summed E-state index contributed by atoms with van der Waals surface area (Å²) in [6, 6.07) is 4.90. The lowest BCUT2D eigenvalue weighted by Gasteiger charge is -2.20. The fraction of sp³-hybridized carbons (Fsp3) is 0.619. The van der Waals surface area contributed by atoms with Crippen LogP contribution in [0.15, 0.2) is 18.2 Å². The topological polar surface area (TPSA) is 84.9 Å². The molecule has 0 bridgehead atoms. The van der Waals surface area contributed by atoms with Gasteiger partial charge in [0, 0.05) is 12.0 Å². The second kappa shape index (κ2) is 10.9. The third kappa shape index (κ3) is 6.86. The molecule has 1 aromatic rings. The quantitative estimate of drug-likeness (QED) is 0.457.